The molecule has 0 saturated carbocycles. The number of rotatable bonds is 10. The molecule has 1 heterocycles. The van der Waals surface area contributed by atoms with Crippen molar-refractivity contribution < 1.29 is 4.74 Å². The van der Waals surface area contributed by atoms with Crippen molar-refractivity contribution in [2.45, 2.75) is 26.9 Å². The minimum Gasteiger partial charge on any atom is -0.383 e. The molecular formula is C14H28N4O. The van der Waals surface area contributed by atoms with Crippen molar-refractivity contribution in [1.82, 2.24) is 19.8 Å². The van der Waals surface area contributed by atoms with E-state index >= 15 is 0 Å². The van der Waals surface area contributed by atoms with Crippen molar-refractivity contribution in [2.75, 3.05) is 40.4 Å². The van der Waals surface area contributed by atoms with Crippen LogP contribution in [0.15, 0.2) is 12.5 Å². The fourth-order valence-electron chi connectivity index (χ4n) is 1.82. The summed E-state index contributed by atoms with van der Waals surface area (Å²) in [5, 5.41) is 3.46. The molecule has 0 amide bonds. The minimum atomic E-state index is 0.677. The maximum absolute atomic E-state index is 5.08. The van der Waals surface area contributed by atoms with Crippen LogP contribution in [0.5, 0.6) is 0 Å². The number of imidazole rings is 1. The van der Waals surface area contributed by atoms with Gasteiger partial charge in [-0.2, -0.15) is 0 Å². The first kappa shape index (κ1) is 16.1. The molecule has 1 rings (SSSR count). The van der Waals surface area contributed by atoms with Crippen LogP contribution in [0.2, 0.25) is 0 Å². The Morgan fingerprint density at radius 2 is 2.21 bits per heavy atom. The number of hydrogen-bond donors (Lipinski definition) is 1. The molecular weight excluding hydrogens is 240 g/mol. The topological polar surface area (TPSA) is 42.3 Å². The summed E-state index contributed by atoms with van der Waals surface area (Å²) < 4.78 is 7.30. The van der Waals surface area contributed by atoms with Gasteiger partial charge >= 0.3 is 0 Å². The molecule has 0 radical (unpaired) electrons. The molecule has 0 aliphatic rings. The smallest absolute Gasteiger partial charge is 0.0949 e. The van der Waals surface area contributed by atoms with Crippen LogP contribution in [-0.2, 0) is 17.8 Å². The molecule has 110 valence electrons. The van der Waals surface area contributed by atoms with Gasteiger partial charge in [-0.15, -0.1) is 0 Å². The van der Waals surface area contributed by atoms with Crippen molar-refractivity contribution in [2.24, 2.45) is 5.92 Å². The first-order valence-corrected chi connectivity index (χ1v) is 7.00. The number of likely N-dealkylation sites (N-methyl/N-ethyl adjacent to an activating group) is 1. The first-order chi connectivity index (χ1) is 9.13. The van der Waals surface area contributed by atoms with Gasteiger partial charge in [0.2, 0.25) is 0 Å². The van der Waals surface area contributed by atoms with Crippen LogP contribution in [0.4, 0.5) is 0 Å². The molecule has 19 heavy (non-hydrogen) atoms. The van der Waals surface area contributed by atoms with E-state index in [9.17, 15) is 0 Å². The predicted molar refractivity (Wildman–Crippen MR) is 78.1 cm³/mol. The quantitative estimate of drug-likeness (QED) is 0.692. The molecule has 1 aromatic heterocycles. The number of methoxy groups -OCH3 is 1. The zero-order valence-electron chi connectivity index (χ0n) is 12.7. The highest BCUT2D eigenvalue weighted by Crippen LogP contribution is 2.00. The summed E-state index contributed by atoms with van der Waals surface area (Å²) in [6.45, 7) is 10.1. The summed E-state index contributed by atoms with van der Waals surface area (Å²) in [7, 11) is 3.86. The summed E-state index contributed by atoms with van der Waals surface area (Å²) in [5.41, 5.74) is 1.25. The van der Waals surface area contributed by atoms with E-state index < -0.39 is 0 Å². The molecule has 0 spiro atoms. The van der Waals surface area contributed by atoms with Gasteiger partial charge in [-0.25, -0.2) is 4.98 Å². The molecule has 0 aliphatic heterocycles. The lowest BCUT2D eigenvalue weighted by atomic mass is 10.2. The lowest BCUT2D eigenvalue weighted by molar-refractivity contribution is 0.159. The van der Waals surface area contributed by atoms with E-state index in [-0.39, 0.29) is 0 Å². The van der Waals surface area contributed by atoms with Crippen molar-refractivity contribution >= 4 is 0 Å². The Kier molecular flexibility index (Phi) is 7.70. The number of aromatic nitrogens is 2. The average Bonchev–Trinajstić information content (AvgIpc) is 2.81. The largest absolute Gasteiger partial charge is 0.383 e. The first-order valence-electron chi connectivity index (χ1n) is 7.00. The van der Waals surface area contributed by atoms with Crippen LogP contribution in [-0.4, -0.2) is 54.8 Å². The van der Waals surface area contributed by atoms with E-state index in [2.05, 4.69) is 40.7 Å². The van der Waals surface area contributed by atoms with Gasteiger partial charge in [-0.05, 0) is 19.5 Å². The van der Waals surface area contributed by atoms with Crippen molar-refractivity contribution in [1.29, 1.82) is 0 Å². The van der Waals surface area contributed by atoms with Gasteiger partial charge in [0.25, 0.3) is 0 Å². The molecule has 5 nitrogen and oxygen atoms in total. The molecule has 0 atom stereocenters. The lowest BCUT2D eigenvalue weighted by Crippen LogP contribution is -2.27. The van der Waals surface area contributed by atoms with E-state index in [1.54, 1.807) is 7.11 Å². The van der Waals surface area contributed by atoms with Crippen LogP contribution in [0.25, 0.3) is 0 Å². The van der Waals surface area contributed by atoms with Gasteiger partial charge in [0.05, 0.1) is 18.6 Å². The number of hydrogen-bond acceptors (Lipinski definition) is 4. The fourth-order valence-corrected chi connectivity index (χ4v) is 1.82. The van der Waals surface area contributed by atoms with Crippen LogP contribution in [0.1, 0.15) is 19.5 Å². The monoisotopic (exact) mass is 268 g/mol. The standard InChI is InChI=1S/C14H28N4O/c1-13(2)9-15-10-14-11-16-12-18(14)6-5-17(3)7-8-19-4/h11-13,15H,5-10H2,1-4H3. The average molecular weight is 268 g/mol. The maximum atomic E-state index is 5.08. The zero-order chi connectivity index (χ0) is 14.1. The fraction of sp³-hybridized carbons (Fsp3) is 0.786. The molecule has 0 aromatic carbocycles. The van der Waals surface area contributed by atoms with Gasteiger partial charge in [-0.1, -0.05) is 13.8 Å². The van der Waals surface area contributed by atoms with Crippen LogP contribution < -0.4 is 5.32 Å². The SMILES string of the molecule is COCCN(C)CCn1cncc1CNCC(C)C. The summed E-state index contributed by atoms with van der Waals surface area (Å²) >= 11 is 0. The molecule has 5 heteroatoms. The van der Waals surface area contributed by atoms with Crippen LogP contribution >= 0.6 is 0 Å². The Bertz CT molecular complexity index is 338. The summed E-state index contributed by atoms with van der Waals surface area (Å²) in [6.07, 6.45) is 3.86. The highest BCUT2D eigenvalue weighted by molar-refractivity contribution is 4.98. The third-order valence-corrected chi connectivity index (χ3v) is 3.06. The maximum Gasteiger partial charge on any atom is 0.0949 e. The molecule has 1 aromatic rings. The van der Waals surface area contributed by atoms with Gasteiger partial charge < -0.3 is 19.5 Å². The molecule has 0 bridgehead atoms. The Hall–Kier alpha value is -0.910. The van der Waals surface area contributed by atoms with Crippen molar-refractivity contribution in [3.8, 4) is 0 Å². The molecule has 0 saturated heterocycles. The zero-order valence-corrected chi connectivity index (χ0v) is 12.7. The highest BCUT2D eigenvalue weighted by atomic mass is 16.5. The molecule has 0 unspecified atom stereocenters. The van der Waals surface area contributed by atoms with E-state index in [0.29, 0.717) is 5.92 Å². The highest BCUT2D eigenvalue weighted by Gasteiger charge is 2.04. The lowest BCUT2D eigenvalue weighted by Gasteiger charge is -2.17. The Labute approximate surface area is 117 Å². The van der Waals surface area contributed by atoms with Gasteiger partial charge in [0.15, 0.2) is 0 Å². The Balaban J connectivity index is 2.31. The summed E-state index contributed by atoms with van der Waals surface area (Å²) in [4.78, 5) is 6.51. The molecule has 1 N–H and O–H groups in total. The van der Waals surface area contributed by atoms with Crippen LogP contribution in [0.3, 0.4) is 0 Å². The van der Waals surface area contributed by atoms with Crippen LogP contribution in [0, 0.1) is 5.92 Å². The second-order valence-electron chi connectivity index (χ2n) is 5.40. The number of nitrogens with zero attached hydrogens (tertiary/aromatic N) is 3. The molecule has 0 aliphatic carbocycles. The normalized spacial score (nSPS) is 11.7. The minimum absolute atomic E-state index is 0.677. The second-order valence-corrected chi connectivity index (χ2v) is 5.40. The van der Waals surface area contributed by atoms with Gasteiger partial charge in [0, 0.05) is 39.5 Å². The second kappa shape index (κ2) is 9.07. The number of ether oxygens (including phenoxy) is 1. The Morgan fingerprint density at radius 3 is 2.89 bits per heavy atom. The van der Waals surface area contributed by atoms with Gasteiger partial charge in [0.1, 0.15) is 0 Å². The van der Waals surface area contributed by atoms with Crippen molar-refractivity contribution in [3.05, 3.63) is 18.2 Å². The van der Waals surface area contributed by atoms with Gasteiger partial charge in [-0.3, -0.25) is 0 Å². The third-order valence-electron chi connectivity index (χ3n) is 3.06. The third kappa shape index (κ3) is 6.71. The Morgan fingerprint density at radius 1 is 1.42 bits per heavy atom. The van der Waals surface area contributed by atoms with E-state index in [1.165, 1.54) is 5.69 Å². The summed E-state index contributed by atoms with van der Waals surface area (Å²) in [6, 6.07) is 0. The predicted octanol–water partition coefficient (Wildman–Crippen LogP) is 1.21. The summed E-state index contributed by atoms with van der Waals surface area (Å²) in [5.74, 6) is 0.677. The van der Waals surface area contributed by atoms with E-state index in [0.717, 1.165) is 39.3 Å². The number of nitrogens with one attached hydrogen (secondary N) is 1. The van der Waals surface area contributed by atoms with E-state index in [1.807, 2.05) is 12.5 Å². The van der Waals surface area contributed by atoms with Crippen molar-refractivity contribution in [3.63, 3.8) is 0 Å². The van der Waals surface area contributed by atoms with E-state index in [4.69, 9.17) is 4.74 Å². The molecule has 0 fully saturated rings.